The van der Waals surface area contributed by atoms with Crippen LogP contribution in [0.5, 0.6) is 0 Å². The SMILES string of the molecule is CC.CC.Cc1c#cccc1. The summed E-state index contributed by atoms with van der Waals surface area (Å²) in [6.45, 7) is 10.00. The Morgan fingerprint density at radius 2 is 1.64 bits per heavy atom. The van der Waals surface area contributed by atoms with Gasteiger partial charge in [-0.3, -0.25) is 0 Å². The van der Waals surface area contributed by atoms with Crippen LogP contribution in [0.25, 0.3) is 0 Å². The lowest BCUT2D eigenvalue weighted by molar-refractivity contribution is 1.49. The maximum atomic E-state index is 2.91. The Kier molecular flexibility index (Phi) is 13.6. The molecule has 0 saturated heterocycles. The van der Waals surface area contributed by atoms with Gasteiger partial charge >= 0.3 is 0 Å². The van der Waals surface area contributed by atoms with Crippen molar-refractivity contribution in [3.8, 4) is 0 Å². The van der Waals surface area contributed by atoms with Crippen molar-refractivity contribution >= 4 is 0 Å². The van der Waals surface area contributed by atoms with E-state index in [1.807, 2.05) is 52.8 Å². The maximum Gasteiger partial charge on any atom is -0.000703 e. The van der Waals surface area contributed by atoms with Gasteiger partial charge in [0.15, 0.2) is 0 Å². The van der Waals surface area contributed by atoms with Gasteiger partial charge in [0.25, 0.3) is 0 Å². The van der Waals surface area contributed by atoms with Gasteiger partial charge in [0, 0.05) is 0 Å². The number of hydrogen-bond acceptors (Lipinski definition) is 0. The second-order valence-corrected chi connectivity index (χ2v) is 1.48. The van der Waals surface area contributed by atoms with Crippen molar-refractivity contribution < 1.29 is 0 Å². The highest BCUT2D eigenvalue weighted by Gasteiger charge is 1.69. The Labute approximate surface area is 71.3 Å². The third-order valence-electron chi connectivity index (χ3n) is 0.795. The van der Waals surface area contributed by atoms with Crippen molar-refractivity contribution in [1.29, 1.82) is 0 Å². The van der Waals surface area contributed by atoms with Gasteiger partial charge in [-0.25, -0.2) is 0 Å². The van der Waals surface area contributed by atoms with E-state index in [2.05, 4.69) is 12.1 Å². The van der Waals surface area contributed by atoms with Gasteiger partial charge in [-0.05, 0) is 18.6 Å². The first-order chi connectivity index (χ1) is 5.39. The first-order valence-corrected chi connectivity index (χ1v) is 4.24. The molecule has 0 nitrogen and oxygen atoms in total. The summed E-state index contributed by atoms with van der Waals surface area (Å²) < 4.78 is 0. The smallest absolute Gasteiger partial charge is 0.000703 e. The molecule has 62 valence electrons. The highest BCUT2D eigenvalue weighted by atomic mass is 13.7. The molecule has 0 aliphatic rings. The molecule has 1 aromatic carbocycles. The minimum atomic E-state index is 1.14. The van der Waals surface area contributed by atoms with Crippen molar-refractivity contribution in [1.82, 2.24) is 0 Å². The molecule has 1 rings (SSSR count). The lowest BCUT2D eigenvalue weighted by Gasteiger charge is -1.75. The van der Waals surface area contributed by atoms with E-state index in [0.717, 1.165) is 5.56 Å². The molecular formula is C11H18. The molecule has 0 radical (unpaired) electrons. The summed E-state index contributed by atoms with van der Waals surface area (Å²) in [6.07, 6.45) is 0. The molecule has 0 amide bonds. The van der Waals surface area contributed by atoms with Gasteiger partial charge in [0.05, 0.1) is 0 Å². The third-order valence-corrected chi connectivity index (χ3v) is 0.795. The Hall–Kier alpha value is -0.960. The normalized spacial score (nSPS) is 5.91. The standard InChI is InChI=1S/C7H6.2C2H6/c1-7-5-3-2-4-6-7;2*1-2/h2-3,5H,1H3;2*1-2H3. The van der Waals surface area contributed by atoms with Gasteiger partial charge in [0.2, 0.25) is 0 Å². The monoisotopic (exact) mass is 150 g/mol. The Balaban J connectivity index is 0. The minimum Gasteiger partial charge on any atom is -0.0700 e. The quantitative estimate of drug-likeness (QED) is 0.529. The number of rotatable bonds is 0. The van der Waals surface area contributed by atoms with Crippen molar-refractivity contribution in [2.24, 2.45) is 0 Å². The van der Waals surface area contributed by atoms with Gasteiger partial charge in [-0.15, -0.1) is 0 Å². The first kappa shape index (κ1) is 12.7. The minimum absolute atomic E-state index is 1.14. The van der Waals surface area contributed by atoms with Crippen LogP contribution in [0.4, 0.5) is 0 Å². The number of hydrogen-bond donors (Lipinski definition) is 0. The lowest BCUT2D eigenvalue weighted by atomic mass is 10.3. The topological polar surface area (TPSA) is 0 Å². The summed E-state index contributed by atoms with van der Waals surface area (Å²) in [4.78, 5) is 0. The molecule has 0 bridgehead atoms. The van der Waals surface area contributed by atoms with E-state index >= 15 is 0 Å². The molecule has 0 saturated carbocycles. The zero-order chi connectivity index (χ0) is 9.11. The molecule has 0 aromatic heterocycles. The molecule has 0 spiro atoms. The zero-order valence-electron chi connectivity index (χ0n) is 8.23. The third kappa shape index (κ3) is 9.04. The average molecular weight is 150 g/mol. The largest absolute Gasteiger partial charge is 0.0700 e. The summed E-state index contributed by atoms with van der Waals surface area (Å²) in [5.41, 5.74) is 1.14. The van der Waals surface area contributed by atoms with Crippen molar-refractivity contribution in [3.63, 3.8) is 0 Å². The summed E-state index contributed by atoms with van der Waals surface area (Å²) in [5.74, 6) is 0. The van der Waals surface area contributed by atoms with Crippen LogP contribution in [-0.4, -0.2) is 0 Å². The van der Waals surface area contributed by atoms with Crippen LogP contribution in [-0.2, 0) is 0 Å². The van der Waals surface area contributed by atoms with Crippen molar-refractivity contribution in [3.05, 3.63) is 35.9 Å². The molecule has 0 aliphatic heterocycles. The van der Waals surface area contributed by atoms with Crippen molar-refractivity contribution in [2.45, 2.75) is 34.6 Å². The highest BCUT2D eigenvalue weighted by Crippen LogP contribution is 1.85. The van der Waals surface area contributed by atoms with Crippen LogP contribution in [0.15, 0.2) is 18.2 Å². The molecule has 1 aromatic rings. The molecule has 0 aliphatic carbocycles. The van der Waals surface area contributed by atoms with E-state index in [-0.39, 0.29) is 0 Å². The summed E-state index contributed by atoms with van der Waals surface area (Å²) >= 11 is 0. The molecule has 11 heavy (non-hydrogen) atoms. The fourth-order valence-electron chi connectivity index (χ4n) is 0.438. The average Bonchev–Trinajstić information content (AvgIpc) is 2.13. The van der Waals surface area contributed by atoms with Gasteiger partial charge < -0.3 is 0 Å². The molecule has 0 fully saturated rings. The molecular weight excluding hydrogens is 132 g/mol. The van der Waals surface area contributed by atoms with Crippen LogP contribution >= 0.6 is 0 Å². The molecule has 0 heterocycles. The predicted molar refractivity (Wildman–Crippen MR) is 51.5 cm³/mol. The van der Waals surface area contributed by atoms with E-state index in [1.165, 1.54) is 0 Å². The fourth-order valence-corrected chi connectivity index (χ4v) is 0.438. The van der Waals surface area contributed by atoms with Crippen molar-refractivity contribution in [2.75, 3.05) is 0 Å². The number of aryl methyl sites for hydroxylation is 1. The Morgan fingerprint density at radius 3 is 1.82 bits per heavy atom. The summed E-state index contributed by atoms with van der Waals surface area (Å²) in [7, 11) is 0. The Bertz CT molecular complexity index is 130. The zero-order valence-corrected chi connectivity index (χ0v) is 8.23. The molecule has 0 N–H and O–H groups in total. The van der Waals surface area contributed by atoms with E-state index in [9.17, 15) is 0 Å². The highest BCUT2D eigenvalue weighted by molar-refractivity contribution is 5.04. The van der Waals surface area contributed by atoms with Crippen LogP contribution in [0.2, 0.25) is 0 Å². The van der Waals surface area contributed by atoms with Crippen LogP contribution in [0.1, 0.15) is 33.3 Å². The molecule has 0 unspecified atom stereocenters. The van der Waals surface area contributed by atoms with Crippen LogP contribution < -0.4 is 0 Å². The first-order valence-electron chi connectivity index (χ1n) is 4.24. The summed E-state index contributed by atoms with van der Waals surface area (Å²) in [5, 5.41) is 0. The second kappa shape index (κ2) is 11.8. The molecule has 0 heteroatoms. The second-order valence-electron chi connectivity index (χ2n) is 1.48. The van der Waals surface area contributed by atoms with Gasteiger partial charge in [0.1, 0.15) is 0 Å². The fraction of sp³-hybridized carbons (Fsp3) is 0.455. The maximum absolute atomic E-state index is 2.91. The van der Waals surface area contributed by atoms with E-state index in [1.54, 1.807) is 0 Å². The van der Waals surface area contributed by atoms with E-state index in [4.69, 9.17) is 0 Å². The molecule has 0 atom stereocenters. The summed E-state index contributed by atoms with van der Waals surface area (Å²) in [6, 6.07) is 11.5. The lowest BCUT2D eigenvalue weighted by Crippen LogP contribution is -1.59. The van der Waals surface area contributed by atoms with Crippen LogP contribution in [0, 0.1) is 19.1 Å². The van der Waals surface area contributed by atoms with Crippen LogP contribution in [0.3, 0.4) is 0 Å². The predicted octanol–water partition coefficient (Wildman–Crippen LogP) is 3.65. The van der Waals surface area contributed by atoms with E-state index < -0.39 is 0 Å². The Morgan fingerprint density at radius 1 is 1.09 bits per heavy atom. The van der Waals surface area contributed by atoms with Gasteiger partial charge in [-0.1, -0.05) is 52.0 Å². The van der Waals surface area contributed by atoms with E-state index in [0.29, 0.717) is 0 Å². The van der Waals surface area contributed by atoms with Gasteiger partial charge in [-0.2, -0.15) is 0 Å².